The van der Waals surface area contributed by atoms with Crippen LogP contribution in [0.5, 0.6) is 0 Å². The zero-order chi connectivity index (χ0) is 23.8. The minimum Gasteiger partial charge on any atom is -0.322 e. The summed E-state index contributed by atoms with van der Waals surface area (Å²) in [6, 6.07) is 12.4. The van der Waals surface area contributed by atoms with Crippen molar-refractivity contribution in [3.05, 3.63) is 54.1 Å². The summed E-state index contributed by atoms with van der Waals surface area (Å²) >= 11 is 0. The Kier molecular flexibility index (Phi) is 9.27. The zero-order valence-electron chi connectivity index (χ0n) is 18.9. The van der Waals surface area contributed by atoms with Crippen molar-refractivity contribution in [2.24, 2.45) is 0 Å². The van der Waals surface area contributed by atoms with Crippen molar-refractivity contribution in [2.45, 2.75) is 50.3 Å². The Labute approximate surface area is 191 Å². The Hall–Kier alpha value is -2.39. The lowest BCUT2D eigenvalue weighted by Crippen LogP contribution is -2.27. The lowest BCUT2D eigenvalue weighted by atomic mass is 10.1. The number of nitrogens with zero attached hydrogens (tertiary/aromatic N) is 1. The third kappa shape index (κ3) is 7.34. The van der Waals surface area contributed by atoms with Crippen molar-refractivity contribution < 1.29 is 21.6 Å². The summed E-state index contributed by atoms with van der Waals surface area (Å²) in [5.41, 5.74) is 0.871. The highest BCUT2D eigenvalue weighted by molar-refractivity contribution is 7.92. The lowest BCUT2D eigenvalue weighted by Gasteiger charge is -2.19. The number of anilines is 2. The van der Waals surface area contributed by atoms with Gasteiger partial charge in [-0.05, 0) is 42.8 Å². The monoisotopic (exact) mass is 480 g/mol. The van der Waals surface area contributed by atoms with Gasteiger partial charge in [0.2, 0.25) is 10.0 Å². The first kappa shape index (κ1) is 25.9. The number of rotatable bonds is 12. The van der Waals surface area contributed by atoms with E-state index in [0.717, 1.165) is 36.2 Å². The van der Waals surface area contributed by atoms with Crippen molar-refractivity contribution >= 4 is 37.1 Å². The number of hydrogen-bond acceptors (Lipinski definition) is 5. The number of para-hydroxylation sites is 1. The number of hydrogen-bond donors (Lipinski definition) is 1. The van der Waals surface area contributed by atoms with E-state index in [4.69, 9.17) is 0 Å². The largest absolute Gasteiger partial charge is 0.322 e. The normalized spacial score (nSPS) is 11.8. The van der Waals surface area contributed by atoms with Crippen LogP contribution < -0.4 is 9.62 Å². The summed E-state index contributed by atoms with van der Waals surface area (Å²) in [5, 5.41) is 2.70. The van der Waals surface area contributed by atoms with Gasteiger partial charge in [-0.15, -0.1) is 0 Å². The molecule has 1 N–H and O–H groups in total. The summed E-state index contributed by atoms with van der Waals surface area (Å²) in [6.45, 7) is 2.14. The maximum Gasteiger partial charge on any atom is 0.257 e. The molecule has 176 valence electrons. The number of benzene rings is 2. The number of sulfonamides is 1. The van der Waals surface area contributed by atoms with Gasteiger partial charge in [0, 0.05) is 12.7 Å². The second-order valence-electron chi connectivity index (χ2n) is 7.81. The summed E-state index contributed by atoms with van der Waals surface area (Å²) < 4.78 is 49.9. The van der Waals surface area contributed by atoms with E-state index in [1.165, 1.54) is 43.8 Å². The number of unbranched alkanes of at least 4 members (excludes halogenated alkanes) is 5. The highest BCUT2D eigenvalue weighted by Gasteiger charge is 2.20. The molecule has 2 aromatic carbocycles. The summed E-state index contributed by atoms with van der Waals surface area (Å²) in [4.78, 5) is 13.0. The van der Waals surface area contributed by atoms with Gasteiger partial charge in [-0.25, -0.2) is 16.8 Å². The number of amides is 1. The second kappa shape index (κ2) is 11.5. The molecule has 0 heterocycles. The molecule has 0 unspecified atom stereocenters. The molecule has 7 nitrogen and oxygen atoms in total. The molecule has 32 heavy (non-hydrogen) atoms. The van der Waals surface area contributed by atoms with Crippen LogP contribution in [0.25, 0.3) is 0 Å². The van der Waals surface area contributed by atoms with E-state index in [0.29, 0.717) is 12.1 Å². The standard InChI is InChI=1S/C23H32N2O5S2/c1-4-5-6-7-8-11-18-32(29,30)20-16-14-19(15-17-20)24-23(26)21-12-9-10-13-22(21)25(2)31(3,27)28/h9-10,12-17H,4-8,11,18H2,1-3H3,(H,24,26). The van der Waals surface area contributed by atoms with Gasteiger partial charge in [0.05, 0.1) is 28.2 Å². The van der Waals surface area contributed by atoms with Crippen LogP contribution in [0.3, 0.4) is 0 Å². The van der Waals surface area contributed by atoms with Crippen LogP contribution in [0.2, 0.25) is 0 Å². The van der Waals surface area contributed by atoms with Gasteiger partial charge in [-0.1, -0.05) is 51.2 Å². The lowest BCUT2D eigenvalue weighted by molar-refractivity contribution is 0.102. The predicted octanol–water partition coefficient (Wildman–Crippen LogP) is 4.47. The molecule has 2 aromatic rings. The Morgan fingerprint density at radius 3 is 2.09 bits per heavy atom. The highest BCUT2D eigenvalue weighted by Crippen LogP contribution is 2.23. The smallest absolute Gasteiger partial charge is 0.257 e. The molecule has 0 aliphatic carbocycles. The molecule has 0 aliphatic heterocycles. The minimum atomic E-state index is -3.53. The van der Waals surface area contributed by atoms with Crippen LogP contribution in [-0.2, 0) is 19.9 Å². The fourth-order valence-electron chi connectivity index (χ4n) is 3.25. The Bertz CT molecular complexity index is 1110. The van der Waals surface area contributed by atoms with Crippen LogP contribution in [0.15, 0.2) is 53.4 Å². The van der Waals surface area contributed by atoms with E-state index in [-0.39, 0.29) is 21.9 Å². The van der Waals surface area contributed by atoms with Gasteiger partial charge >= 0.3 is 0 Å². The average molecular weight is 481 g/mol. The maximum absolute atomic E-state index is 12.7. The zero-order valence-corrected chi connectivity index (χ0v) is 20.5. The molecule has 0 aliphatic rings. The van der Waals surface area contributed by atoms with E-state index in [2.05, 4.69) is 12.2 Å². The molecule has 0 fully saturated rings. The topological polar surface area (TPSA) is 101 Å². The SMILES string of the molecule is CCCCCCCCS(=O)(=O)c1ccc(NC(=O)c2ccccc2N(C)S(C)(=O)=O)cc1. The molecule has 0 saturated heterocycles. The van der Waals surface area contributed by atoms with Gasteiger partial charge < -0.3 is 5.32 Å². The molecule has 0 bridgehead atoms. The fraction of sp³-hybridized carbons (Fsp3) is 0.435. The number of carbonyl (C=O) groups excluding carboxylic acids is 1. The van der Waals surface area contributed by atoms with E-state index in [1.54, 1.807) is 18.2 Å². The molecule has 0 saturated carbocycles. The predicted molar refractivity (Wildman–Crippen MR) is 130 cm³/mol. The second-order valence-corrected chi connectivity index (χ2v) is 11.9. The van der Waals surface area contributed by atoms with Crippen LogP contribution in [0, 0.1) is 0 Å². The number of sulfone groups is 1. The molecular formula is C23H32N2O5S2. The summed E-state index contributed by atoms with van der Waals surface area (Å²) in [5.74, 6) is -0.380. The molecule has 0 atom stereocenters. The first-order valence-electron chi connectivity index (χ1n) is 10.7. The van der Waals surface area contributed by atoms with Crippen molar-refractivity contribution in [2.75, 3.05) is 28.7 Å². The van der Waals surface area contributed by atoms with E-state index in [1.807, 2.05) is 0 Å². The molecule has 0 aromatic heterocycles. The van der Waals surface area contributed by atoms with Crippen molar-refractivity contribution in [3.8, 4) is 0 Å². The Morgan fingerprint density at radius 1 is 0.875 bits per heavy atom. The van der Waals surface area contributed by atoms with Gasteiger partial charge in [0.25, 0.3) is 5.91 Å². The first-order chi connectivity index (χ1) is 15.1. The average Bonchev–Trinajstić information content (AvgIpc) is 2.75. The van der Waals surface area contributed by atoms with Crippen LogP contribution in [0.1, 0.15) is 55.8 Å². The Balaban J connectivity index is 2.05. The van der Waals surface area contributed by atoms with Crippen LogP contribution >= 0.6 is 0 Å². The van der Waals surface area contributed by atoms with Gasteiger partial charge in [-0.2, -0.15) is 0 Å². The number of carbonyl (C=O) groups is 1. The first-order valence-corrected chi connectivity index (χ1v) is 14.2. The quantitative estimate of drug-likeness (QED) is 0.452. The van der Waals surface area contributed by atoms with Gasteiger partial charge in [0.15, 0.2) is 9.84 Å². The summed E-state index contributed by atoms with van der Waals surface area (Å²) in [7, 11) is -5.53. The molecular weight excluding hydrogens is 448 g/mol. The highest BCUT2D eigenvalue weighted by atomic mass is 32.2. The summed E-state index contributed by atoms with van der Waals surface area (Å²) in [6.07, 6.45) is 7.10. The third-order valence-corrected chi connectivity index (χ3v) is 8.23. The molecule has 2 rings (SSSR count). The molecule has 1 amide bonds. The third-order valence-electron chi connectivity index (χ3n) is 5.22. The van der Waals surface area contributed by atoms with E-state index >= 15 is 0 Å². The van der Waals surface area contributed by atoms with Crippen molar-refractivity contribution in [1.82, 2.24) is 0 Å². The van der Waals surface area contributed by atoms with Gasteiger partial charge in [0.1, 0.15) is 0 Å². The Morgan fingerprint density at radius 2 is 1.47 bits per heavy atom. The van der Waals surface area contributed by atoms with Crippen LogP contribution in [0.4, 0.5) is 11.4 Å². The molecule has 9 heteroatoms. The maximum atomic E-state index is 12.7. The van der Waals surface area contributed by atoms with Crippen molar-refractivity contribution in [3.63, 3.8) is 0 Å². The number of nitrogens with one attached hydrogen (secondary N) is 1. The fourth-order valence-corrected chi connectivity index (χ4v) is 5.14. The molecule has 0 spiro atoms. The van der Waals surface area contributed by atoms with E-state index < -0.39 is 25.8 Å². The van der Waals surface area contributed by atoms with Crippen molar-refractivity contribution in [1.29, 1.82) is 0 Å². The van der Waals surface area contributed by atoms with Crippen LogP contribution in [-0.4, -0.2) is 41.8 Å². The minimum absolute atomic E-state index is 0.107. The van der Waals surface area contributed by atoms with Gasteiger partial charge in [-0.3, -0.25) is 9.10 Å². The van der Waals surface area contributed by atoms with E-state index in [9.17, 15) is 21.6 Å². The molecule has 0 radical (unpaired) electrons.